The Morgan fingerprint density at radius 2 is 1.89 bits per heavy atom. The molecule has 3 rings (SSSR count). The molecule has 8 nitrogen and oxygen atoms in total. The van der Waals surface area contributed by atoms with Gasteiger partial charge in [0.2, 0.25) is 11.7 Å². The molecule has 8 heteroatoms. The summed E-state index contributed by atoms with van der Waals surface area (Å²) in [5.41, 5.74) is 3.44. The molecule has 2 aromatic rings. The maximum atomic E-state index is 12.5. The largest absolute Gasteiger partial charge is 0.497 e. The quantitative estimate of drug-likeness (QED) is 0.724. The average Bonchev–Trinajstić information content (AvgIpc) is 3.23. The van der Waals surface area contributed by atoms with E-state index in [2.05, 4.69) is 15.8 Å². The lowest BCUT2D eigenvalue weighted by Gasteiger charge is -2.14. The number of hydrogen-bond donors (Lipinski definition) is 2. The molecule has 0 bridgehead atoms. The van der Waals surface area contributed by atoms with E-state index in [1.54, 1.807) is 30.3 Å². The van der Waals surface area contributed by atoms with Crippen LogP contribution >= 0.6 is 0 Å². The van der Waals surface area contributed by atoms with Crippen molar-refractivity contribution in [1.82, 2.24) is 5.43 Å². The lowest BCUT2D eigenvalue weighted by atomic mass is 10.1. The van der Waals surface area contributed by atoms with Crippen LogP contribution in [0.15, 0.2) is 53.6 Å². The molecule has 1 aliphatic heterocycles. The highest BCUT2D eigenvalue weighted by Gasteiger charge is 2.29. The van der Waals surface area contributed by atoms with Gasteiger partial charge in [0.15, 0.2) is 6.61 Å². The monoisotopic (exact) mass is 383 g/mol. The van der Waals surface area contributed by atoms with Crippen molar-refractivity contribution in [3.63, 3.8) is 0 Å². The average molecular weight is 383 g/mol. The van der Waals surface area contributed by atoms with E-state index >= 15 is 0 Å². The van der Waals surface area contributed by atoms with Crippen molar-refractivity contribution in [1.29, 1.82) is 0 Å². The van der Waals surface area contributed by atoms with Crippen LogP contribution in [0, 0.1) is 0 Å². The number of hydrazone groups is 1. The van der Waals surface area contributed by atoms with Crippen LogP contribution in [0.5, 0.6) is 17.2 Å². The number of ether oxygens (including phenoxy) is 3. The van der Waals surface area contributed by atoms with Gasteiger partial charge < -0.3 is 19.5 Å². The standard InChI is InChI=1S/C20H21N3O5/c1-26-14-8-9-19(27-2)16(10-14)21-20(25)17-11-15(22-23-17)18(24)12-28-13-6-4-3-5-7-13/h3-10,17,23H,11-12H2,1-2H3,(H,21,25). The number of nitrogens with one attached hydrogen (secondary N) is 2. The van der Waals surface area contributed by atoms with E-state index < -0.39 is 6.04 Å². The Bertz CT molecular complexity index is 883. The number of Topliss-reactive ketones (excluding diaryl/α,β-unsaturated/α-hetero) is 1. The smallest absolute Gasteiger partial charge is 0.249 e. The number of ketones is 1. The molecule has 2 aromatic carbocycles. The first kappa shape index (κ1) is 19.2. The van der Waals surface area contributed by atoms with Gasteiger partial charge in [-0.1, -0.05) is 18.2 Å². The van der Waals surface area contributed by atoms with Gasteiger partial charge >= 0.3 is 0 Å². The van der Waals surface area contributed by atoms with Crippen LogP contribution < -0.4 is 25.0 Å². The molecule has 0 aromatic heterocycles. The van der Waals surface area contributed by atoms with E-state index in [0.717, 1.165) is 0 Å². The van der Waals surface area contributed by atoms with Gasteiger partial charge in [-0.25, -0.2) is 0 Å². The molecule has 2 N–H and O–H groups in total. The van der Waals surface area contributed by atoms with Gasteiger partial charge in [-0.15, -0.1) is 0 Å². The fourth-order valence-electron chi connectivity index (χ4n) is 2.65. The molecular formula is C20H21N3O5. The van der Waals surface area contributed by atoms with Crippen LogP contribution in [0.4, 0.5) is 5.69 Å². The summed E-state index contributed by atoms with van der Waals surface area (Å²) in [6, 6.07) is 13.5. The molecule has 1 aliphatic rings. The van der Waals surface area contributed by atoms with Crippen LogP contribution in [0.3, 0.4) is 0 Å². The van der Waals surface area contributed by atoms with Crippen LogP contribution in [-0.2, 0) is 9.59 Å². The third-order valence-corrected chi connectivity index (χ3v) is 4.17. The molecule has 0 spiro atoms. The lowest BCUT2D eigenvalue weighted by molar-refractivity contribution is -0.117. The summed E-state index contributed by atoms with van der Waals surface area (Å²) in [4.78, 5) is 24.8. The molecule has 0 saturated carbocycles. The number of nitrogens with zero attached hydrogens (tertiary/aromatic N) is 1. The van der Waals surface area contributed by atoms with Gasteiger partial charge in [0.05, 0.1) is 19.9 Å². The van der Waals surface area contributed by atoms with E-state index in [0.29, 0.717) is 22.9 Å². The summed E-state index contributed by atoms with van der Waals surface area (Å²) in [6.45, 7) is -0.136. The number of rotatable bonds is 8. The predicted molar refractivity (Wildman–Crippen MR) is 104 cm³/mol. The Morgan fingerprint density at radius 1 is 1.11 bits per heavy atom. The minimum atomic E-state index is -0.661. The number of amides is 1. The van der Waals surface area contributed by atoms with Crippen molar-refractivity contribution >= 4 is 23.1 Å². The normalized spacial score (nSPS) is 15.2. The van der Waals surface area contributed by atoms with Crippen molar-refractivity contribution in [2.45, 2.75) is 12.5 Å². The van der Waals surface area contributed by atoms with E-state index in [1.165, 1.54) is 14.2 Å². The zero-order chi connectivity index (χ0) is 19.9. The van der Waals surface area contributed by atoms with Crippen molar-refractivity contribution in [3.8, 4) is 17.2 Å². The molecule has 0 fully saturated rings. The zero-order valence-corrected chi connectivity index (χ0v) is 15.6. The maximum Gasteiger partial charge on any atom is 0.249 e. The van der Waals surface area contributed by atoms with Crippen molar-refractivity contribution in [2.24, 2.45) is 5.10 Å². The Kier molecular flexibility index (Phi) is 6.11. The molecule has 146 valence electrons. The minimum absolute atomic E-state index is 0.136. The number of carbonyl (C=O) groups is 2. The van der Waals surface area contributed by atoms with Crippen molar-refractivity contribution in [3.05, 3.63) is 48.5 Å². The Morgan fingerprint density at radius 3 is 2.61 bits per heavy atom. The van der Waals surface area contributed by atoms with E-state index in [9.17, 15) is 9.59 Å². The second kappa shape index (κ2) is 8.90. The molecule has 1 amide bonds. The molecule has 28 heavy (non-hydrogen) atoms. The first-order chi connectivity index (χ1) is 13.6. The van der Waals surface area contributed by atoms with Gasteiger partial charge in [-0.2, -0.15) is 5.10 Å². The van der Waals surface area contributed by atoms with Crippen LogP contribution in [0.1, 0.15) is 6.42 Å². The second-order valence-electron chi connectivity index (χ2n) is 6.02. The van der Waals surface area contributed by atoms with Gasteiger partial charge in [-0.05, 0) is 24.3 Å². The highest BCUT2D eigenvalue weighted by Crippen LogP contribution is 2.29. The van der Waals surface area contributed by atoms with Gasteiger partial charge in [0.25, 0.3) is 0 Å². The molecule has 1 atom stereocenters. The van der Waals surface area contributed by atoms with Gasteiger partial charge in [0.1, 0.15) is 29.0 Å². The minimum Gasteiger partial charge on any atom is -0.497 e. The summed E-state index contributed by atoms with van der Waals surface area (Å²) in [5, 5.41) is 6.76. The van der Waals surface area contributed by atoms with Crippen LogP contribution in [-0.4, -0.2) is 44.3 Å². The maximum absolute atomic E-state index is 12.5. The number of para-hydroxylation sites is 1. The summed E-state index contributed by atoms with van der Waals surface area (Å²) in [7, 11) is 3.05. The second-order valence-corrected chi connectivity index (χ2v) is 6.02. The number of carbonyl (C=O) groups excluding carboxylic acids is 2. The van der Waals surface area contributed by atoms with Crippen LogP contribution in [0.2, 0.25) is 0 Å². The Hall–Kier alpha value is -3.55. The third kappa shape index (κ3) is 4.59. The highest BCUT2D eigenvalue weighted by atomic mass is 16.5. The first-order valence-corrected chi connectivity index (χ1v) is 8.66. The Labute approximate surface area is 162 Å². The molecule has 1 unspecified atom stereocenters. The zero-order valence-electron chi connectivity index (χ0n) is 15.6. The summed E-state index contributed by atoms with van der Waals surface area (Å²) < 4.78 is 15.9. The number of methoxy groups -OCH3 is 2. The SMILES string of the molecule is COc1ccc(OC)c(NC(=O)C2CC(C(=O)COc3ccccc3)=NN2)c1. The fourth-order valence-corrected chi connectivity index (χ4v) is 2.65. The summed E-state index contributed by atoms with van der Waals surface area (Å²) in [5.74, 6) is 1.08. The number of hydrogen-bond acceptors (Lipinski definition) is 7. The first-order valence-electron chi connectivity index (χ1n) is 8.66. The topological polar surface area (TPSA) is 98.2 Å². The van der Waals surface area contributed by atoms with Gasteiger partial charge in [0, 0.05) is 12.5 Å². The van der Waals surface area contributed by atoms with Crippen LogP contribution in [0.25, 0.3) is 0 Å². The molecular weight excluding hydrogens is 362 g/mol. The van der Waals surface area contributed by atoms with Crippen molar-refractivity contribution < 1.29 is 23.8 Å². The fraction of sp³-hybridized carbons (Fsp3) is 0.250. The predicted octanol–water partition coefficient (Wildman–Crippen LogP) is 2.01. The molecule has 1 heterocycles. The lowest BCUT2D eigenvalue weighted by Crippen LogP contribution is -2.35. The summed E-state index contributed by atoms with van der Waals surface area (Å²) >= 11 is 0. The van der Waals surface area contributed by atoms with E-state index in [-0.39, 0.29) is 30.4 Å². The number of anilines is 1. The van der Waals surface area contributed by atoms with E-state index in [4.69, 9.17) is 14.2 Å². The van der Waals surface area contributed by atoms with E-state index in [1.807, 2.05) is 18.2 Å². The molecule has 0 aliphatic carbocycles. The summed E-state index contributed by atoms with van der Waals surface area (Å²) in [6.07, 6.45) is 0.176. The highest BCUT2D eigenvalue weighted by molar-refractivity contribution is 6.41. The molecule has 0 radical (unpaired) electrons. The number of benzene rings is 2. The molecule has 0 saturated heterocycles. The third-order valence-electron chi connectivity index (χ3n) is 4.17. The van der Waals surface area contributed by atoms with Crippen molar-refractivity contribution in [2.75, 3.05) is 26.1 Å². The van der Waals surface area contributed by atoms with Gasteiger partial charge in [-0.3, -0.25) is 15.0 Å². The Balaban J connectivity index is 1.55.